The van der Waals surface area contributed by atoms with Crippen molar-refractivity contribution in [1.82, 2.24) is 4.57 Å². The van der Waals surface area contributed by atoms with Gasteiger partial charge in [-0.3, -0.25) is 4.79 Å². The first-order valence-corrected chi connectivity index (χ1v) is 6.23. The minimum absolute atomic E-state index is 0.00310. The van der Waals surface area contributed by atoms with Crippen LogP contribution in [-0.4, -0.2) is 10.1 Å². The van der Waals surface area contributed by atoms with Crippen LogP contribution >= 0.6 is 11.6 Å². The molecule has 0 saturated carbocycles. The van der Waals surface area contributed by atoms with Crippen LogP contribution in [0.1, 0.15) is 19.4 Å². The van der Waals surface area contributed by atoms with E-state index in [1.807, 2.05) is 32.0 Å². The second-order valence-corrected chi connectivity index (χ2v) is 5.84. The average Bonchev–Trinajstić information content (AvgIpc) is 2.23. The van der Waals surface area contributed by atoms with E-state index in [0.29, 0.717) is 11.4 Å². The van der Waals surface area contributed by atoms with Gasteiger partial charge in [0, 0.05) is 28.6 Å². The predicted molar refractivity (Wildman–Crippen MR) is 76.2 cm³/mol. The molecule has 2 rings (SSSR count). The number of nitrogens with zero attached hydrogens (tertiary/aromatic N) is 1. The van der Waals surface area contributed by atoms with E-state index in [2.05, 4.69) is 0 Å². The molecule has 4 heteroatoms. The zero-order valence-electron chi connectivity index (χ0n) is 10.8. The lowest BCUT2D eigenvalue weighted by atomic mass is 9.96. The maximum absolute atomic E-state index is 12.2. The van der Waals surface area contributed by atoms with Crippen molar-refractivity contribution in [3.05, 3.63) is 45.2 Å². The van der Waals surface area contributed by atoms with E-state index in [-0.39, 0.29) is 5.56 Å². The first-order valence-electron chi connectivity index (χ1n) is 5.85. The molecule has 0 radical (unpaired) electrons. The van der Waals surface area contributed by atoms with Crippen LogP contribution in [0.4, 0.5) is 0 Å². The molecule has 0 aliphatic heterocycles. The molecular weight excluding hydrogens is 248 g/mol. The molecule has 0 unspecified atom stereocenters. The highest BCUT2D eigenvalue weighted by Crippen LogP contribution is 2.19. The third-order valence-electron chi connectivity index (χ3n) is 2.91. The van der Waals surface area contributed by atoms with Crippen LogP contribution in [0.5, 0.6) is 0 Å². The fourth-order valence-corrected chi connectivity index (χ4v) is 2.32. The number of benzene rings is 1. The monoisotopic (exact) mass is 264 g/mol. The molecule has 0 saturated heterocycles. The summed E-state index contributed by atoms with van der Waals surface area (Å²) in [6, 6.07) is 7.40. The molecule has 0 fully saturated rings. The zero-order valence-corrected chi connectivity index (χ0v) is 11.6. The standard InChI is InChI=1S/C14H17ClN2O/c1-14(2,16)8-10-6-9-7-11(15)4-5-12(9)17(3)13(10)18/h4-7H,8,16H2,1-3H3. The maximum Gasteiger partial charge on any atom is 0.254 e. The van der Waals surface area contributed by atoms with Gasteiger partial charge in [-0.25, -0.2) is 0 Å². The molecule has 0 spiro atoms. The van der Waals surface area contributed by atoms with Crippen molar-refractivity contribution in [2.24, 2.45) is 12.8 Å². The minimum atomic E-state index is -0.404. The van der Waals surface area contributed by atoms with Gasteiger partial charge in [-0.2, -0.15) is 0 Å². The van der Waals surface area contributed by atoms with Crippen LogP contribution in [0.15, 0.2) is 29.1 Å². The summed E-state index contributed by atoms with van der Waals surface area (Å²) < 4.78 is 1.65. The summed E-state index contributed by atoms with van der Waals surface area (Å²) >= 11 is 5.98. The fraction of sp³-hybridized carbons (Fsp3) is 0.357. The lowest BCUT2D eigenvalue weighted by Crippen LogP contribution is -2.37. The van der Waals surface area contributed by atoms with Crippen molar-refractivity contribution in [2.75, 3.05) is 0 Å². The molecule has 96 valence electrons. The normalized spacial score (nSPS) is 12.1. The SMILES string of the molecule is Cn1c(=O)c(CC(C)(C)N)cc2cc(Cl)ccc21. The molecule has 1 heterocycles. The Hall–Kier alpha value is -1.32. The number of rotatable bonds is 2. The molecular formula is C14H17ClN2O. The number of nitrogens with two attached hydrogens (primary N) is 1. The number of hydrogen-bond acceptors (Lipinski definition) is 2. The average molecular weight is 265 g/mol. The van der Waals surface area contributed by atoms with Gasteiger partial charge in [-0.1, -0.05) is 11.6 Å². The quantitative estimate of drug-likeness (QED) is 0.906. The largest absolute Gasteiger partial charge is 0.325 e. The minimum Gasteiger partial charge on any atom is -0.325 e. The van der Waals surface area contributed by atoms with Gasteiger partial charge in [0.2, 0.25) is 0 Å². The molecule has 2 aromatic rings. The van der Waals surface area contributed by atoms with Crippen molar-refractivity contribution < 1.29 is 0 Å². The van der Waals surface area contributed by atoms with Crippen LogP contribution in [0.25, 0.3) is 10.9 Å². The summed E-state index contributed by atoms with van der Waals surface area (Å²) in [5, 5.41) is 1.63. The van der Waals surface area contributed by atoms with Crippen LogP contribution in [0.2, 0.25) is 5.02 Å². The predicted octanol–water partition coefficient (Wildman–Crippen LogP) is 2.47. The maximum atomic E-state index is 12.2. The topological polar surface area (TPSA) is 48.0 Å². The van der Waals surface area contributed by atoms with Crippen LogP contribution in [0.3, 0.4) is 0 Å². The van der Waals surface area contributed by atoms with E-state index >= 15 is 0 Å². The van der Waals surface area contributed by atoms with E-state index in [1.165, 1.54) is 0 Å². The van der Waals surface area contributed by atoms with Gasteiger partial charge < -0.3 is 10.3 Å². The number of aromatic nitrogens is 1. The zero-order chi connectivity index (χ0) is 13.5. The number of aryl methyl sites for hydroxylation is 1. The van der Waals surface area contributed by atoms with E-state index in [4.69, 9.17) is 17.3 Å². The van der Waals surface area contributed by atoms with Gasteiger partial charge in [0.25, 0.3) is 5.56 Å². The van der Waals surface area contributed by atoms with Gasteiger partial charge in [-0.05, 0) is 44.5 Å². The molecule has 0 aliphatic carbocycles. The molecule has 1 aromatic carbocycles. The van der Waals surface area contributed by atoms with Gasteiger partial charge in [0.15, 0.2) is 0 Å². The third kappa shape index (κ3) is 2.57. The Labute approximate surface area is 111 Å². The Morgan fingerprint density at radius 2 is 2.00 bits per heavy atom. The molecule has 0 aliphatic rings. The highest BCUT2D eigenvalue weighted by Gasteiger charge is 2.16. The molecule has 3 nitrogen and oxygen atoms in total. The highest BCUT2D eigenvalue weighted by atomic mass is 35.5. The van der Waals surface area contributed by atoms with Crippen molar-refractivity contribution in [3.63, 3.8) is 0 Å². The molecule has 18 heavy (non-hydrogen) atoms. The van der Waals surface area contributed by atoms with Gasteiger partial charge in [0.1, 0.15) is 0 Å². The summed E-state index contributed by atoms with van der Waals surface area (Å²) in [7, 11) is 1.77. The van der Waals surface area contributed by atoms with Gasteiger partial charge in [-0.15, -0.1) is 0 Å². The van der Waals surface area contributed by atoms with Gasteiger partial charge >= 0.3 is 0 Å². The fourth-order valence-electron chi connectivity index (χ4n) is 2.14. The summed E-state index contributed by atoms with van der Waals surface area (Å²) in [5.41, 5.74) is 7.18. The smallest absolute Gasteiger partial charge is 0.254 e. The Morgan fingerprint density at radius 3 is 2.61 bits per heavy atom. The van der Waals surface area contributed by atoms with Crippen molar-refractivity contribution in [2.45, 2.75) is 25.8 Å². The van der Waals surface area contributed by atoms with Crippen molar-refractivity contribution in [1.29, 1.82) is 0 Å². The van der Waals surface area contributed by atoms with Crippen LogP contribution in [0, 0.1) is 0 Å². The summed E-state index contributed by atoms with van der Waals surface area (Å²) in [6.45, 7) is 3.82. The summed E-state index contributed by atoms with van der Waals surface area (Å²) in [4.78, 5) is 12.2. The van der Waals surface area contributed by atoms with E-state index < -0.39 is 5.54 Å². The Balaban J connectivity index is 2.69. The van der Waals surface area contributed by atoms with E-state index in [9.17, 15) is 4.79 Å². The number of halogens is 1. The Morgan fingerprint density at radius 1 is 1.33 bits per heavy atom. The Bertz CT molecular complexity index is 653. The van der Waals surface area contributed by atoms with E-state index in [1.54, 1.807) is 17.7 Å². The van der Waals surface area contributed by atoms with Crippen molar-refractivity contribution in [3.8, 4) is 0 Å². The van der Waals surface area contributed by atoms with Gasteiger partial charge in [0.05, 0.1) is 5.52 Å². The van der Waals surface area contributed by atoms with Crippen LogP contribution < -0.4 is 11.3 Å². The Kier molecular flexibility index (Phi) is 3.21. The molecule has 2 N–H and O–H groups in total. The molecule has 0 amide bonds. The van der Waals surface area contributed by atoms with E-state index in [0.717, 1.165) is 16.5 Å². The number of hydrogen-bond donors (Lipinski definition) is 1. The molecule has 1 aromatic heterocycles. The number of fused-ring (bicyclic) bond motifs is 1. The molecule has 0 atom stereocenters. The highest BCUT2D eigenvalue weighted by molar-refractivity contribution is 6.31. The van der Waals surface area contributed by atoms with Crippen LogP contribution in [-0.2, 0) is 13.5 Å². The second-order valence-electron chi connectivity index (χ2n) is 5.40. The lowest BCUT2D eigenvalue weighted by molar-refractivity contribution is 0.513. The first-order chi connectivity index (χ1) is 8.28. The summed E-state index contributed by atoms with van der Waals surface area (Å²) in [5.74, 6) is 0. The third-order valence-corrected chi connectivity index (χ3v) is 3.14. The van der Waals surface area contributed by atoms with Crippen molar-refractivity contribution >= 4 is 22.5 Å². The summed E-state index contributed by atoms with van der Waals surface area (Å²) in [6.07, 6.45) is 0.544. The molecule has 0 bridgehead atoms. The second kappa shape index (κ2) is 4.41. The first kappa shape index (κ1) is 13.1. The number of pyridine rings is 1. The lowest BCUT2D eigenvalue weighted by Gasteiger charge is -2.19.